The molecule has 0 saturated heterocycles. The molecule has 2 atom stereocenters. The van der Waals surface area contributed by atoms with Gasteiger partial charge < -0.3 is 4.90 Å². The molecule has 172 valence electrons. The zero-order valence-electron chi connectivity index (χ0n) is 20.3. The molecule has 0 amide bonds. The number of rotatable bonds is 4. The number of fused-ring (bicyclic) bond motifs is 3. The number of benzene rings is 4. The lowest BCUT2D eigenvalue weighted by Crippen LogP contribution is -2.30. The van der Waals surface area contributed by atoms with E-state index in [4.69, 9.17) is 0 Å². The van der Waals surface area contributed by atoms with Crippen molar-refractivity contribution in [3.8, 4) is 11.1 Å². The molecular formula is C34H31N. The molecule has 4 aromatic rings. The highest BCUT2D eigenvalue weighted by Gasteiger charge is 2.25. The number of allylic oxidation sites excluding steroid dienone is 2. The number of aryl methyl sites for hydroxylation is 1. The molecule has 0 N–H and O–H groups in total. The molecule has 6 rings (SSSR count). The van der Waals surface area contributed by atoms with Crippen molar-refractivity contribution in [1.82, 2.24) is 0 Å². The SMILES string of the molecule is CC1=CCC(N(c2ccccc2)c2ccc3c(c2)CCC(c2ccccc2)c2ccccc2-3)C=C1. The van der Waals surface area contributed by atoms with Gasteiger partial charge in [-0.3, -0.25) is 0 Å². The molecule has 2 unspecified atom stereocenters. The minimum atomic E-state index is 0.314. The van der Waals surface area contributed by atoms with Gasteiger partial charge in [0.1, 0.15) is 0 Å². The average molecular weight is 454 g/mol. The van der Waals surface area contributed by atoms with Crippen molar-refractivity contribution in [1.29, 1.82) is 0 Å². The fourth-order valence-electron chi connectivity index (χ4n) is 5.76. The Balaban J connectivity index is 1.43. The van der Waals surface area contributed by atoms with E-state index in [0.717, 1.165) is 19.3 Å². The third-order valence-corrected chi connectivity index (χ3v) is 7.53. The normalized spacial score (nSPS) is 18.7. The molecule has 0 bridgehead atoms. The highest BCUT2D eigenvalue weighted by atomic mass is 15.2. The standard InChI is InChI=1S/C34H31N/c1-25-16-19-29(20-17-25)35(28-12-6-3-7-13-28)30-21-23-32-27(24-30)18-22-31(26-10-4-2-5-11-26)33-14-8-9-15-34(32)33/h2-17,19,21,23-24,29,31H,18,20,22H2,1H3. The largest absolute Gasteiger partial charge is 0.334 e. The summed E-state index contributed by atoms with van der Waals surface area (Å²) in [5, 5.41) is 0. The third-order valence-electron chi connectivity index (χ3n) is 7.53. The first kappa shape index (κ1) is 21.7. The lowest BCUT2D eigenvalue weighted by atomic mass is 9.86. The summed E-state index contributed by atoms with van der Waals surface area (Å²) in [5.41, 5.74) is 10.9. The molecule has 4 aromatic carbocycles. The summed E-state index contributed by atoms with van der Waals surface area (Å²) in [6, 6.07) is 38.3. The Bertz CT molecular complexity index is 1380. The van der Waals surface area contributed by atoms with Crippen molar-refractivity contribution >= 4 is 11.4 Å². The average Bonchev–Trinajstić information content (AvgIpc) is 3.08. The van der Waals surface area contributed by atoms with E-state index in [1.165, 1.54) is 44.8 Å². The van der Waals surface area contributed by atoms with Crippen LogP contribution in [0.4, 0.5) is 11.4 Å². The maximum absolute atomic E-state index is 2.51. The van der Waals surface area contributed by atoms with Crippen LogP contribution in [0.5, 0.6) is 0 Å². The highest BCUT2D eigenvalue weighted by Crippen LogP contribution is 2.43. The van der Waals surface area contributed by atoms with Crippen LogP contribution < -0.4 is 4.90 Å². The molecule has 0 saturated carbocycles. The van der Waals surface area contributed by atoms with E-state index in [9.17, 15) is 0 Å². The molecular weight excluding hydrogens is 422 g/mol. The molecule has 0 heterocycles. The Morgan fingerprint density at radius 2 is 1.46 bits per heavy atom. The van der Waals surface area contributed by atoms with Crippen molar-refractivity contribution in [2.24, 2.45) is 0 Å². The molecule has 0 aromatic heterocycles. The fourth-order valence-corrected chi connectivity index (χ4v) is 5.76. The minimum Gasteiger partial charge on any atom is -0.334 e. The Morgan fingerprint density at radius 1 is 0.714 bits per heavy atom. The van der Waals surface area contributed by atoms with E-state index < -0.39 is 0 Å². The van der Waals surface area contributed by atoms with Gasteiger partial charge in [0.05, 0.1) is 6.04 Å². The first-order valence-corrected chi connectivity index (χ1v) is 12.7. The molecule has 1 nitrogen and oxygen atoms in total. The van der Waals surface area contributed by atoms with Crippen LogP contribution in [0.25, 0.3) is 11.1 Å². The second-order valence-corrected chi connectivity index (χ2v) is 9.75. The Labute approximate surface area is 209 Å². The van der Waals surface area contributed by atoms with Gasteiger partial charge in [-0.25, -0.2) is 0 Å². The van der Waals surface area contributed by atoms with Crippen LogP contribution in [0.1, 0.15) is 42.4 Å². The van der Waals surface area contributed by atoms with E-state index >= 15 is 0 Å². The van der Waals surface area contributed by atoms with Crippen molar-refractivity contribution < 1.29 is 0 Å². The monoisotopic (exact) mass is 453 g/mol. The Morgan fingerprint density at radius 3 is 2.23 bits per heavy atom. The van der Waals surface area contributed by atoms with Gasteiger partial charge in [-0.2, -0.15) is 0 Å². The van der Waals surface area contributed by atoms with Crippen LogP contribution in [0.2, 0.25) is 0 Å². The van der Waals surface area contributed by atoms with E-state index in [1.807, 2.05) is 0 Å². The summed E-state index contributed by atoms with van der Waals surface area (Å²) in [6.07, 6.45) is 10.2. The summed E-state index contributed by atoms with van der Waals surface area (Å²) in [7, 11) is 0. The summed E-state index contributed by atoms with van der Waals surface area (Å²) in [6.45, 7) is 2.18. The Kier molecular flexibility index (Phi) is 5.84. The van der Waals surface area contributed by atoms with Crippen LogP contribution in [0.3, 0.4) is 0 Å². The summed E-state index contributed by atoms with van der Waals surface area (Å²) in [4.78, 5) is 2.51. The number of para-hydroxylation sites is 1. The van der Waals surface area contributed by atoms with Gasteiger partial charge in [0.15, 0.2) is 0 Å². The smallest absolute Gasteiger partial charge is 0.0560 e. The van der Waals surface area contributed by atoms with E-state index in [-0.39, 0.29) is 0 Å². The van der Waals surface area contributed by atoms with Gasteiger partial charge >= 0.3 is 0 Å². The maximum atomic E-state index is 2.51. The fraction of sp³-hybridized carbons (Fsp3) is 0.176. The van der Waals surface area contributed by atoms with Gasteiger partial charge in [0.25, 0.3) is 0 Å². The summed E-state index contributed by atoms with van der Waals surface area (Å²) >= 11 is 0. The van der Waals surface area contributed by atoms with Crippen LogP contribution in [-0.4, -0.2) is 6.04 Å². The van der Waals surface area contributed by atoms with Crippen LogP contribution in [-0.2, 0) is 6.42 Å². The van der Waals surface area contributed by atoms with Gasteiger partial charge in [-0.1, -0.05) is 103 Å². The number of hydrogen-bond donors (Lipinski definition) is 0. The van der Waals surface area contributed by atoms with Crippen molar-refractivity contribution in [3.05, 3.63) is 144 Å². The molecule has 0 aliphatic heterocycles. The lowest BCUT2D eigenvalue weighted by molar-refractivity contribution is 0.725. The van der Waals surface area contributed by atoms with E-state index in [1.54, 1.807) is 0 Å². The van der Waals surface area contributed by atoms with Gasteiger partial charge in [-0.05, 0) is 78.3 Å². The van der Waals surface area contributed by atoms with Gasteiger partial charge in [0.2, 0.25) is 0 Å². The second kappa shape index (κ2) is 9.43. The predicted octanol–water partition coefficient (Wildman–Crippen LogP) is 8.84. The molecule has 2 aliphatic carbocycles. The highest BCUT2D eigenvalue weighted by molar-refractivity contribution is 5.77. The predicted molar refractivity (Wildman–Crippen MR) is 148 cm³/mol. The van der Waals surface area contributed by atoms with Crippen molar-refractivity contribution in [2.45, 2.75) is 38.1 Å². The lowest BCUT2D eigenvalue weighted by Gasteiger charge is -2.33. The molecule has 1 heteroatoms. The van der Waals surface area contributed by atoms with Gasteiger partial charge in [0, 0.05) is 17.3 Å². The van der Waals surface area contributed by atoms with Gasteiger partial charge in [-0.15, -0.1) is 0 Å². The zero-order chi connectivity index (χ0) is 23.6. The number of hydrogen-bond acceptors (Lipinski definition) is 1. The quantitative estimate of drug-likeness (QED) is 0.298. The minimum absolute atomic E-state index is 0.314. The zero-order valence-corrected chi connectivity index (χ0v) is 20.3. The molecule has 0 radical (unpaired) electrons. The first-order chi connectivity index (χ1) is 17.3. The second-order valence-electron chi connectivity index (χ2n) is 9.75. The van der Waals surface area contributed by atoms with Crippen LogP contribution in [0.15, 0.2) is 127 Å². The maximum Gasteiger partial charge on any atom is 0.0560 e. The van der Waals surface area contributed by atoms with Crippen molar-refractivity contribution in [2.75, 3.05) is 4.90 Å². The summed E-state index contributed by atoms with van der Waals surface area (Å²) < 4.78 is 0. The van der Waals surface area contributed by atoms with Crippen molar-refractivity contribution in [3.63, 3.8) is 0 Å². The van der Waals surface area contributed by atoms with Crippen LogP contribution in [0, 0.1) is 0 Å². The number of anilines is 2. The molecule has 0 fully saturated rings. The summed E-state index contributed by atoms with van der Waals surface area (Å²) in [5.74, 6) is 0.419. The van der Waals surface area contributed by atoms with Crippen LogP contribution >= 0.6 is 0 Å². The molecule has 35 heavy (non-hydrogen) atoms. The Hall–Kier alpha value is -3.84. The van der Waals surface area contributed by atoms with E-state index in [0.29, 0.717) is 12.0 Å². The molecule has 2 aliphatic rings. The topological polar surface area (TPSA) is 3.24 Å². The van der Waals surface area contributed by atoms with E-state index in [2.05, 4.69) is 133 Å². The third kappa shape index (κ3) is 4.23. The number of nitrogens with zero attached hydrogens (tertiary/aromatic N) is 1. The first-order valence-electron chi connectivity index (χ1n) is 12.7. The molecule has 0 spiro atoms.